The van der Waals surface area contributed by atoms with Gasteiger partial charge in [-0.3, -0.25) is 0 Å². The van der Waals surface area contributed by atoms with E-state index in [9.17, 15) is 0 Å². The number of nitrogens with zero attached hydrogens (tertiary/aromatic N) is 1. The van der Waals surface area contributed by atoms with Crippen LogP contribution in [-0.4, -0.2) is 9.55 Å². The van der Waals surface area contributed by atoms with Crippen molar-refractivity contribution in [1.29, 1.82) is 0 Å². The third kappa shape index (κ3) is 1.80. The summed E-state index contributed by atoms with van der Waals surface area (Å²) in [6.45, 7) is 4.00. The number of aromatic amines is 1. The number of rotatable bonds is 0. The molecule has 0 unspecified atom stereocenters. The predicted molar refractivity (Wildman–Crippen MR) is 59.5 cm³/mol. The minimum atomic E-state index is 0.770. The lowest BCUT2D eigenvalue weighted by Gasteiger charge is -1.90. The minimum Gasteiger partial charge on any atom is -0.331 e. The molecular weight excluding hydrogens is 180 g/mol. The topological polar surface area (TPSA) is 20.7 Å². The van der Waals surface area contributed by atoms with Gasteiger partial charge in [0, 0.05) is 7.05 Å². The molecule has 1 heterocycles. The molecule has 1 aromatic carbocycles. The number of aromatic nitrogens is 2. The molecular formula is C10H14N2S. The van der Waals surface area contributed by atoms with E-state index in [0.717, 1.165) is 15.8 Å². The van der Waals surface area contributed by atoms with Crippen LogP contribution in [0, 0.1) is 4.77 Å². The first-order valence-electron chi connectivity index (χ1n) is 4.43. The van der Waals surface area contributed by atoms with E-state index in [0.29, 0.717) is 0 Å². The van der Waals surface area contributed by atoms with Crippen LogP contribution >= 0.6 is 12.2 Å². The lowest BCUT2D eigenvalue weighted by molar-refractivity contribution is 0.927. The van der Waals surface area contributed by atoms with Gasteiger partial charge in [0.25, 0.3) is 0 Å². The van der Waals surface area contributed by atoms with Gasteiger partial charge in [-0.05, 0) is 24.4 Å². The van der Waals surface area contributed by atoms with Crippen molar-refractivity contribution < 1.29 is 0 Å². The quantitative estimate of drug-likeness (QED) is 0.638. The van der Waals surface area contributed by atoms with Gasteiger partial charge >= 0.3 is 0 Å². The summed E-state index contributed by atoms with van der Waals surface area (Å²) in [6, 6.07) is 8.06. The van der Waals surface area contributed by atoms with Gasteiger partial charge in [0.2, 0.25) is 0 Å². The van der Waals surface area contributed by atoms with Crippen molar-refractivity contribution in [2.75, 3.05) is 0 Å². The Balaban J connectivity index is 0.000000396. The van der Waals surface area contributed by atoms with E-state index in [1.807, 2.05) is 49.7 Å². The number of aryl methyl sites for hydroxylation is 1. The summed E-state index contributed by atoms with van der Waals surface area (Å²) < 4.78 is 2.73. The second-order valence-electron chi connectivity index (χ2n) is 2.51. The molecule has 2 nitrogen and oxygen atoms in total. The molecule has 3 heteroatoms. The first kappa shape index (κ1) is 9.99. The highest BCUT2D eigenvalue weighted by molar-refractivity contribution is 7.71. The molecule has 0 fully saturated rings. The Labute approximate surface area is 83.2 Å². The molecule has 13 heavy (non-hydrogen) atoms. The molecule has 2 aromatic rings. The second-order valence-corrected chi connectivity index (χ2v) is 2.89. The fourth-order valence-corrected chi connectivity index (χ4v) is 1.39. The van der Waals surface area contributed by atoms with Gasteiger partial charge in [0.05, 0.1) is 11.0 Å². The second kappa shape index (κ2) is 4.23. The van der Waals surface area contributed by atoms with Crippen molar-refractivity contribution in [3.63, 3.8) is 0 Å². The summed E-state index contributed by atoms with van der Waals surface area (Å²) in [7, 11) is 1.96. The third-order valence-corrected chi connectivity index (χ3v) is 2.19. The lowest BCUT2D eigenvalue weighted by Crippen LogP contribution is -1.84. The number of para-hydroxylation sites is 2. The number of benzene rings is 1. The van der Waals surface area contributed by atoms with Crippen molar-refractivity contribution in [3.05, 3.63) is 29.0 Å². The van der Waals surface area contributed by atoms with Gasteiger partial charge in [-0.25, -0.2) is 0 Å². The Hall–Kier alpha value is -1.09. The molecule has 1 aromatic heterocycles. The number of H-pyrrole nitrogens is 1. The Kier molecular flexibility index (Phi) is 3.25. The first-order valence-corrected chi connectivity index (χ1v) is 4.83. The molecule has 70 valence electrons. The van der Waals surface area contributed by atoms with Crippen LogP contribution in [0.4, 0.5) is 0 Å². The van der Waals surface area contributed by atoms with E-state index in [1.165, 1.54) is 0 Å². The number of hydrogen-bond acceptors (Lipinski definition) is 1. The van der Waals surface area contributed by atoms with Crippen molar-refractivity contribution in [2.45, 2.75) is 13.8 Å². The van der Waals surface area contributed by atoms with E-state index in [4.69, 9.17) is 12.2 Å². The molecule has 0 bridgehead atoms. The Morgan fingerprint density at radius 3 is 2.46 bits per heavy atom. The van der Waals surface area contributed by atoms with Gasteiger partial charge in [-0.15, -0.1) is 0 Å². The van der Waals surface area contributed by atoms with Crippen molar-refractivity contribution in [2.24, 2.45) is 7.05 Å². The zero-order chi connectivity index (χ0) is 9.84. The largest absolute Gasteiger partial charge is 0.331 e. The zero-order valence-electron chi connectivity index (χ0n) is 8.16. The first-order chi connectivity index (χ1) is 6.29. The van der Waals surface area contributed by atoms with Crippen LogP contribution in [0.15, 0.2) is 24.3 Å². The molecule has 0 amide bonds. The molecule has 0 saturated heterocycles. The van der Waals surface area contributed by atoms with Crippen LogP contribution in [-0.2, 0) is 7.05 Å². The molecule has 0 atom stereocenters. The molecule has 0 aliphatic heterocycles. The fraction of sp³-hybridized carbons (Fsp3) is 0.300. The maximum atomic E-state index is 5.06. The Morgan fingerprint density at radius 1 is 1.23 bits per heavy atom. The summed E-state index contributed by atoms with van der Waals surface area (Å²) in [5.74, 6) is 0. The average molecular weight is 194 g/mol. The van der Waals surface area contributed by atoms with Gasteiger partial charge in [-0.2, -0.15) is 0 Å². The highest BCUT2D eigenvalue weighted by atomic mass is 32.1. The minimum absolute atomic E-state index is 0.770. The fourth-order valence-electron chi connectivity index (χ4n) is 1.18. The highest BCUT2D eigenvalue weighted by Gasteiger charge is 1.96. The van der Waals surface area contributed by atoms with E-state index in [1.54, 1.807) is 0 Å². The number of hydrogen-bond donors (Lipinski definition) is 1. The number of imidazole rings is 1. The molecule has 0 saturated carbocycles. The molecule has 0 aliphatic rings. The maximum Gasteiger partial charge on any atom is 0.177 e. The van der Waals surface area contributed by atoms with Gasteiger partial charge in [-0.1, -0.05) is 26.0 Å². The van der Waals surface area contributed by atoms with E-state index < -0.39 is 0 Å². The SMILES string of the molecule is CC.Cn1c(=S)[nH]c2ccccc21. The molecule has 2 rings (SSSR count). The van der Waals surface area contributed by atoms with Gasteiger partial charge < -0.3 is 9.55 Å². The van der Waals surface area contributed by atoms with Gasteiger partial charge in [0.1, 0.15) is 0 Å². The van der Waals surface area contributed by atoms with Crippen LogP contribution < -0.4 is 0 Å². The third-order valence-electron chi connectivity index (χ3n) is 1.81. The Bertz CT molecular complexity index is 439. The van der Waals surface area contributed by atoms with E-state index in [-0.39, 0.29) is 0 Å². The summed E-state index contributed by atoms with van der Waals surface area (Å²) in [5, 5.41) is 0. The number of nitrogens with one attached hydrogen (secondary N) is 1. The summed E-state index contributed by atoms with van der Waals surface area (Å²) in [5.41, 5.74) is 2.25. The summed E-state index contributed by atoms with van der Waals surface area (Å²) in [6.07, 6.45) is 0. The Morgan fingerprint density at radius 2 is 1.85 bits per heavy atom. The van der Waals surface area contributed by atoms with Crippen LogP contribution in [0.25, 0.3) is 11.0 Å². The molecule has 1 N–H and O–H groups in total. The average Bonchev–Trinajstić information content (AvgIpc) is 2.47. The number of fused-ring (bicyclic) bond motifs is 1. The van der Waals surface area contributed by atoms with Crippen LogP contribution in [0.3, 0.4) is 0 Å². The van der Waals surface area contributed by atoms with Crippen molar-refractivity contribution >= 4 is 23.3 Å². The lowest BCUT2D eigenvalue weighted by atomic mass is 10.3. The summed E-state index contributed by atoms with van der Waals surface area (Å²) >= 11 is 5.06. The van der Waals surface area contributed by atoms with Crippen LogP contribution in [0.1, 0.15) is 13.8 Å². The predicted octanol–water partition coefficient (Wildman–Crippen LogP) is 3.26. The van der Waals surface area contributed by atoms with Crippen LogP contribution in [0.2, 0.25) is 0 Å². The summed E-state index contributed by atoms with van der Waals surface area (Å²) in [4.78, 5) is 3.10. The van der Waals surface area contributed by atoms with E-state index in [2.05, 4.69) is 4.98 Å². The smallest absolute Gasteiger partial charge is 0.177 e. The zero-order valence-corrected chi connectivity index (χ0v) is 8.98. The van der Waals surface area contributed by atoms with Gasteiger partial charge in [0.15, 0.2) is 4.77 Å². The molecule has 0 radical (unpaired) electrons. The van der Waals surface area contributed by atoms with Crippen LogP contribution in [0.5, 0.6) is 0 Å². The highest BCUT2D eigenvalue weighted by Crippen LogP contribution is 2.10. The monoisotopic (exact) mass is 194 g/mol. The standard InChI is InChI=1S/C8H8N2S.C2H6/c1-10-7-5-3-2-4-6(7)9-8(10)11;1-2/h2-5H,1H3,(H,9,11);1-2H3. The molecule has 0 aliphatic carbocycles. The molecule has 0 spiro atoms. The maximum absolute atomic E-state index is 5.06. The normalized spacial score (nSPS) is 9.46. The van der Waals surface area contributed by atoms with E-state index >= 15 is 0 Å². The van der Waals surface area contributed by atoms with Crippen molar-refractivity contribution in [1.82, 2.24) is 9.55 Å². The van der Waals surface area contributed by atoms with Crippen molar-refractivity contribution in [3.8, 4) is 0 Å².